The van der Waals surface area contributed by atoms with Crippen LogP contribution in [0.25, 0.3) is 0 Å². The summed E-state index contributed by atoms with van der Waals surface area (Å²) in [6.45, 7) is 0.339. The van der Waals surface area contributed by atoms with E-state index in [1.54, 1.807) is 25.4 Å². The summed E-state index contributed by atoms with van der Waals surface area (Å²) in [5, 5.41) is 5.64. The van der Waals surface area contributed by atoms with Gasteiger partial charge >= 0.3 is 0 Å². The van der Waals surface area contributed by atoms with E-state index < -0.39 is 6.04 Å². The Morgan fingerprint density at radius 1 is 1.39 bits per heavy atom. The average molecular weight is 314 g/mol. The molecule has 0 aliphatic carbocycles. The second kappa shape index (κ2) is 6.07. The maximum absolute atomic E-state index is 12.4. The van der Waals surface area contributed by atoms with Gasteiger partial charge in [-0.3, -0.25) is 14.2 Å². The second-order valence-electron chi connectivity index (χ2n) is 5.38. The quantitative estimate of drug-likeness (QED) is 0.735. The number of hydrogen-bond donors (Lipinski definition) is 3. The van der Waals surface area contributed by atoms with Crippen LogP contribution in [-0.4, -0.2) is 27.5 Å². The predicted octanol–water partition coefficient (Wildman–Crippen LogP) is 0.0659. The first-order valence-corrected chi connectivity index (χ1v) is 7.36. The summed E-state index contributed by atoms with van der Waals surface area (Å²) in [4.78, 5) is 33.0. The van der Waals surface area contributed by atoms with Crippen LogP contribution in [0.2, 0.25) is 0 Å². The number of amides is 1. The molecule has 1 aliphatic rings. The summed E-state index contributed by atoms with van der Waals surface area (Å²) in [5.41, 5.74) is 6.54. The first-order chi connectivity index (χ1) is 11.1. The van der Waals surface area contributed by atoms with Crippen molar-refractivity contribution in [3.63, 3.8) is 0 Å². The first kappa shape index (κ1) is 15.0. The molecule has 2 aromatic heterocycles. The molecule has 0 aromatic carbocycles. The van der Waals surface area contributed by atoms with Crippen molar-refractivity contribution in [3.05, 3.63) is 46.3 Å². The Balaban J connectivity index is 1.75. The molecule has 0 fully saturated rings. The molecule has 1 atom stereocenters. The van der Waals surface area contributed by atoms with Gasteiger partial charge in [-0.15, -0.1) is 0 Å². The van der Waals surface area contributed by atoms with Crippen molar-refractivity contribution >= 4 is 17.4 Å². The van der Waals surface area contributed by atoms with Crippen LogP contribution in [0.1, 0.15) is 23.9 Å². The lowest BCUT2D eigenvalue weighted by molar-refractivity contribution is -0.124. The van der Waals surface area contributed by atoms with E-state index >= 15 is 0 Å². The zero-order valence-corrected chi connectivity index (χ0v) is 12.7. The normalized spacial score (nSPS) is 16.0. The molecule has 1 unspecified atom stereocenters. The van der Waals surface area contributed by atoms with Crippen LogP contribution in [0.15, 0.2) is 29.3 Å². The number of nitrogens with zero attached hydrogens (tertiary/aromatic N) is 3. The van der Waals surface area contributed by atoms with E-state index in [4.69, 9.17) is 5.73 Å². The fourth-order valence-corrected chi connectivity index (χ4v) is 2.67. The number of anilines is 2. The molecule has 4 N–H and O–H groups in total. The molecule has 2 aromatic rings. The molecule has 0 spiro atoms. The molecular weight excluding hydrogens is 296 g/mol. The van der Waals surface area contributed by atoms with E-state index in [9.17, 15) is 9.59 Å². The van der Waals surface area contributed by atoms with Gasteiger partial charge in [0, 0.05) is 26.2 Å². The van der Waals surface area contributed by atoms with Crippen molar-refractivity contribution in [3.8, 4) is 0 Å². The fraction of sp³-hybridized carbons (Fsp3) is 0.333. The SMILES string of the molecule is CNc1cnc2n(c1=O)C(C(=O)NCc1ccc(N)nc1)CC2. The molecule has 120 valence electrons. The monoisotopic (exact) mass is 314 g/mol. The number of aromatic nitrogens is 3. The number of nitrogen functional groups attached to an aromatic ring is 1. The average Bonchev–Trinajstić information content (AvgIpc) is 2.99. The Kier molecular flexibility index (Phi) is 3.96. The molecule has 3 heterocycles. The van der Waals surface area contributed by atoms with Crippen LogP contribution >= 0.6 is 0 Å². The van der Waals surface area contributed by atoms with E-state index in [-0.39, 0.29) is 11.5 Å². The standard InChI is InChI=1S/C15H18N6O2/c1-17-10-8-19-13-5-3-11(21(13)15(10)23)14(22)20-7-9-2-4-12(16)18-6-9/h2,4,6,8,11,17H,3,5,7H2,1H3,(H2,16,18)(H,20,22). The Morgan fingerprint density at radius 3 is 2.91 bits per heavy atom. The largest absolute Gasteiger partial charge is 0.384 e. The van der Waals surface area contributed by atoms with Gasteiger partial charge in [0.15, 0.2) is 0 Å². The van der Waals surface area contributed by atoms with Gasteiger partial charge in [0.1, 0.15) is 23.4 Å². The van der Waals surface area contributed by atoms with Crippen molar-refractivity contribution in [2.24, 2.45) is 0 Å². The Bertz CT molecular complexity index is 784. The number of hydrogen-bond acceptors (Lipinski definition) is 6. The van der Waals surface area contributed by atoms with Crippen LogP contribution in [0.3, 0.4) is 0 Å². The van der Waals surface area contributed by atoms with Gasteiger partial charge in [0.05, 0.1) is 6.20 Å². The molecule has 1 amide bonds. The minimum atomic E-state index is -0.528. The van der Waals surface area contributed by atoms with Gasteiger partial charge < -0.3 is 16.4 Å². The highest BCUT2D eigenvalue weighted by Gasteiger charge is 2.30. The molecule has 1 aliphatic heterocycles. The molecule has 23 heavy (non-hydrogen) atoms. The number of carbonyl (C=O) groups is 1. The maximum atomic E-state index is 12.4. The molecule has 3 rings (SSSR count). The number of fused-ring (bicyclic) bond motifs is 1. The van der Waals surface area contributed by atoms with Crippen molar-refractivity contribution in [1.29, 1.82) is 0 Å². The van der Waals surface area contributed by atoms with E-state index in [1.807, 2.05) is 0 Å². The number of pyridine rings is 1. The van der Waals surface area contributed by atoms with Crippen molar-refractivity contribution in [2.75, 3.05) is 18.1 Å². The van der Waals surface area contributed by atoms with E-state index in [2.05, 4.69) is 20.6 Å². The smallest absolute Gasteiger partial charge is 0.277 e. The third-order valence-electron chi connectivity index (χ3n) is 3.91. The zero-order valence-electron chi connectivity index (χ0n) is 12.7. The van der Waals surface area contributed by atoms with Crippen LogP contribution < -0.4 is 21.9 Å². The minimum absolute atomic E-state index is 0.197. The lowest BCUT2D eigenvalue weighted by Gasteiger charge is -2.15. The molecule has 0 radical (unpaired) electrons. The summed E-state index contributed by atoms with van der Waals surface area (Å²) in [7, 11) is 1.66. The predicted molar refractivity (Wildman–Crippen MR) is 85.9 cm³/mol. The zero-order chi connectivity index (χ0) is 16.4. The summed E-state index contributed by atoms with van der Waals surface area (Å²) in [5.74, 6) is 0.878. The highest BCUT2D eigenvalue weighted by molar-refractivity contribution is 5.80. The summed E-state index contributed by atoms with van der Waals surface area (Å²) in [6.07, 6.45) is 4.31. The topological polar surface area (TPSA) is 115 Å². The van der Waals surface area contributed by atoms with Crippen LogP contribution in [0, 0.1) is 0 Å². The van der Waals surface area contributed by atoms with Crippen LogP contribution in [-0.2, 0) is 17.8 Å². The summed E-state index contributed by atoms with van der Waals surface area (Å²) < 4.78 is 1.47. The fourth-order valence-electron chi connectivity index (χ4n) is 2.67. The van der Waals surface area contributed by atoms with Gasteiger partial charge in [-0.25, -0.2) is 9.97 Å². The van der Waals surface area contributed by atoms with Gasteiger partial charge in [0.2, 0.25) is 5.91 Å². The van der Waals surface area contributed by atoms with Crippen molar-refractivity contribution < 1.29 is 4.79 Å². The minimum Gasteiger partial charge on any atom is -0.384 e. The number of rotatable bonds is 4. The third kappa shape index (κ3) is 2.87. The highest BCUT2D eigenvalue weighted by atomic mass is 16.2. The Labute approximate surface area is 132 Å². The highest BCUT2D eigenvalue weighted by Crippen LogP contribution is 2.23. The maximum Gasteiger partial charge on any atom is 0.277 e. The molecular formula is C15H18N6O2. The molecule has 0 saturated heterocycles. The molecule has 8 nitrogen and oxygen atoms in total. The van der Waals surface area contributed by atoms with Crippen molar-refractivity contribution in [1.82, 2.24) is 19.9 Å². The Morgan fingerprint density at radius 2 is 2.22 bits per heavy atom. The van der Waals surface area contributed by atoms with E-state index in [0.29, 0.717) is 36.7 Å². The molecule has 0 bridgehead atoms. The lowest BCUT2D eigenvalue weighted by atomic mass is 10.2. The number of aryl methyl sites for hydroxylation is 1. The Hall–Kier alpha value is -2.90. The number of nitrogens with two attached hydrogens (primary N) is 1. The first-order valence-electron chi connectivity index (χ1n) is 7.36. The van der Waals surface area contributed by atoms with E-state index in [1.165, 1.54) is 10.8 Å². The summed E-state index contributed by atoms with van der Waals surface area (Å²) in [6, 6.07) is 2.96. The van der Waals surface area contributed by atoms with Crippen molar-refractivity contribution in [2.45, 2.75) is 25.4 Å². The molecule has 0 saturated carbocycles. The van der Waals surface area contributed by atoms with E-state index in [0.717, 1.165) is 5.56 Å². The van der Waals surface area contributed by atoms with Gasteiger partial charge in [-0.1, -0.05) is 6.07 Å². The number of nitrogens with one attached hydrogen (secondary N) is 2. The second-order valence-corrected chi connectivity index (χ2v) is 5.38. The number of carbonyl (C=O) groups excluding carboxylic acids is 1. The van der Waals surface area contributed by atoms with Gasteiger partial charge in [-0.05, 0) is 18.1 Å². The van der Waals surface area contributed by atoms with Gasteiger partial charge in [0.25, 0.3) is 5.56 Å². The van der Waals surface area contributed by atoms with Crippen LogP contribution in [0.5, 0.6) is 0 Å². The van der Waals surface area contributed by atoms with Crippen LogP contribution in [0.4, 0.5) is 11.5 Å². The molecule has 8 heteroatoms. The lowest BCUT2D eigenvalue weighted by Crippen LogP contribution is -2.36. The third-order valence-corrected chi connectivity index (χ3v) is 3.91. The van der Waals surface area contributed by atoms with Gasteiger partial charge in [-0.2, -0.15) is 0 Å². The summed E-state index contributed by atoms with van der Waals surface area (Å²) >= 11 is 0.